The molecule has 0 aliphatic heterocycles. The van der Waals surface area contributed by atoms with Crippen molar-refractivity contribution in [1.82, 2.24) is 0 Å². The quantitative estimate of drug-likeness (QED) is 0.566. The van der Waals surface area contributed by atoms with Crippen LogP contribution in [0.2, 0.25) is 0 Å². The minimum Gasteiger partial charge on any atom is -0.479 e. The van der Waals surface area contributed by atoms with Gasteiger partial charge in [0, 0.05) is 5.57 Å². The fraction of sp³-hybridized carbons (Fsp3) is 0.353. The first-order valence-corrected chi connectivity index (χ1v) is 7.70. The Morgan fingerprint density at radius 2 is 1.96 bits per heavy atom. The molecule has 0 saturated carbocycles. The van der Waals surface area contributed by atoms with Crippen LogP contribution in [-0.4, -0.2) is 36.0 Å². The van der Waals surface area contributed by atoms with E-state index in [1.807, 2.05) is 0 Å². The molecule has 1 aromatic rings. The highest BCUT2D eigenvalue weighted by molar-refractivity contribution is 5.94. The predicted molar refractivity (Wildman–Crippen MR) is 82.6 cm³/mol. The standard InChI is InChI=1S/C17H15F3O7/c1-9(16(24)25-8-14(21)22)6-15(23)26-13-5-3-10-2-4-11(7-12(10)13)27-17(18,19)20/h2,4,7,13H,1,3,5-6,8H2,(H,21,22). The molecule has 0 aromatic heterocycles. The molecule has 0 bridgehead atoms. The summed E-state index contributed by atoms with van der Waals surface area (Å²) < 4.78 is 50.5. The molecule has 1 aliphatic carbocycles. The largest absolute Gasteiger partial charge is 0.573 e. The van der Waals surface area contributed by atoms with Gasteiger partial charge in [-0.3, -0.25) is 4.79 Å². The molecule has 27 heavy (non-hydrogen) atoms. The van der Waals surface area contributed by atoms with Crippen LogP contribution in [0, 0.1) is 0 Å². The summed E-state index contributed by atoms with van der Waals surface area (Å²) in [4.78, 5) is 33.8. The smallest absolute Gasteiger partial charge is 0.479 e. The van der Waals surface area contributed by atoms with E-state index >= 15 is 0 Å². The Balaban J connectivity index is 1.96. The van der Waals surface area contributed by atoms with Crippen LogP contribution >= 0.6 is 0 Å². The van der Waals surface area contributed by atoms with E-state index in [0.29, 0.717) is 18.4 Å². The van der Waals surface area contributed by atoms with Crippen molar-refractivity contribution in [3.05, 3.63) is 41.5 Å². The van der Waals surface area contributed by atoms with Crippen molar-refractivity contribution in [2.75, 3.05) is 6.61 Å². The summed E-state index contributed by atoms with van der Waals surface area (Å²) >= 11 is 0. The molecular weight excluding hydrogens is 373 g/mol. The van der Waals surface area contributed by atoms with Crippen LogP contribution < -0.4 is 4.74 Å². The lowest BCUT2D eigenvalue weighted by Crippen LogP contribution is -2.18. The number of hydrogen-bond donors (Lipinski definition) is 1. The molecule has 2 rings (SSSR count). The second-order valence-corrected chi connectivity index (χ2v) is 5.68. The van der Waals surface area contributed by atoms with Gasteiger partial charge in [-0.1, -0.05) is 12.6 Å². The number of aliphatic carboxylic acids is 1. The van der Waals surface area contributed by atoms with Gasteiger partial charge in [0.1, 0.15) is 11.9 Å². The highest BCUT2D eigenvalue weighted by Crippen LogP contribution is 2.37. The first-order chi connectivity index (χ1) is 12.5. The van der Waals surface area contributed by atoms with Crippen molar-refractivity contribution < 1.29 is 46.9 Å². The molecule has 146 valence electrons. The second-order valence-electron chi connectivity index (χ2n) is 5.68. The number of carbonyl (C=O) groups excluding carboxylic acids is 2. The third-order valence-electron chi connectivity index (χ3n) is 3.62. The summed E-state index contributed by atoms with van der Waals surface area (Å²) in [7, 11) is 0. The van der Waals surface area contributed by atoms with Crippen molar-refractivity contribution in [3.8, 4) is 5.75 Å². The van der Waals surface area contributed by atoms with E-state index < -0.39 is 49.2 Å². The number of fused-ring (bicyclic) bond motifs is 1. The Bertz CT molecular complexity index is 770. The summed E-state index contributed by atoms with van der Waals surface area (Å²) in [6.07, 6.45) is -5.30. The summed E-state index contributed by atoms with van der Waals surface area (Å²) in [5.41, 5.74) is 0.819. The van der Waals surface area contributed by atoms with Crippen molar-refractivity contribution >= 4 is 17.9 Å². The van der Waals surface area contributed by atoms with Gasteiger partial charge in [-0.2, -0.15) is 0 Å². The molecule has 1 aromatic carbocycles. The molecule has 0 saturated heterocycles. The van der Waals surface area contributed by atoms with E-state index in [-0.39, 0.29) is 5.57 Å². The summed E-state index contributed by atoms with van der Waals surface area (Å²) in [5, 5.41) is 8.42. The third-order valence-corrected chi connectivity index (χ3v) is 3.62. The molecule has 7 nitrogen and oxygen atoms in total. The van der Waals surface area contributed by atoms with Crippen LogP contribution in [-0.2, 0) is 30.3 Å². The van der Waals surface area contributed by atoms with Gasteiger partial charge in [0.05, 0.1) is 6.42 Å². The predicted octanol–water partition coefficient (Wildman–Crippen LogP) is 2.69. The molecule has 0 amide bonds. The van der Waals surface area contributed by atoms with Crippen LogP contribution in [0.15, 0.2) is 30.4 Å². The van der Waals surface area contributed by atoms with Crippen molar-refractivity contribution in [1.29, 1.82) is 0 Å². The van der Waals surface area contributed by atoms with Gasteiger partial charge in [-0.05, 0) is 36.1 Å². The molecule has 10 heteroatoms. The molecule has 0 heterocycles. The Kier molecular flexibility index (Phi) is 6.09. The number of carboxylic acids is 1. The number of esters is 2. The number of aryl methyl sites for hydroxylation is 1. The van der Waals surface area contributed by atoms with Crippen molar-refractivity contribution in [2.45, 2.75) is 31.7 Å². The topological polar surface area (TPSA) is 99.1 Å². The van der Waals surface area contributed by atoms with Gasteiger partial charge in [-0.15, -0.1) is 13.2 Å². The summed E-state index contributed by atoms with van der Waals surface area (Å²) in [6, 6.07) is 3.80. The van der Waals surface area contributed by atoms with E-state index in [1.165, 1.54) is 12.1 Å². The molecular formula is C17H15F3O7. The molecule has 0 fully saturated rings. The summed E-state index contributed by atoms with van der Waals surface area (Å²) in [5.74, 6) is -3.68. The Morgan fingerprint density at radius 1 is 1.26 bits per heavy atom. The lowest BCUT2D eigenvalue weighted by Gasteiger charge is -2.15. The first kappa shape index (κ1) is 20.3. The zero-order valence-electron chi connectivity index (χ0n) is 13.9. The molecule has 1 unspecified atom stereocenters. The lowest BCUT2D eigenvalue weighted by atomic mass is 10.1. The number of halogens is 3. The Hall–Kier alpha value is -3.04. The van der Waals surface area contributed by atoms with Crippen molar-refractivity contribution in [3.63, 3.8) is 0 Å². The zero-order valence-corrected chi connectivity index (χ0v) is 13.9. The SMILES string of the molecule is C=C(CC(=O)OC1CCc2ccc(OC(F)(F)F)cc21)C(=O)OCC(=O)O. The summed E-state index contributed by atoms with van der Waals surface area (Å²) in [6.45, 7) is 2.46. The Labute approximate surface area is 151 Å². The lowest BCUT2D eigenvalue weighted by molar-refractivity contribution is -0.274. The van der Waals surface area contributed by atoms with Crippen LogP contribution in [0.5, 0.6) is 5.75 Å². The maximum atomic E-state index is 12.3. The number of benzene rings is 1. The minimum absolute atomic E-state index is 0.298. The fourth-order valence-corrected chi connectivity index (χ4v) is 2.54. The van der Waals surface area contributed by atoms with Crippen LogP contribution in [0.1, 0.15) is 30.1 Å². The fourth-order valence-electron chi connectivity index (χ4n) is 2.54. The molecule has 1 atom stereocenters. The maximum Gasteiger partial charge on any atom is 0.573 e. The Morgan fingerprint density at radius 3 is 2.59 bits per heavy atom. The average Bonchev–Trinajstić information content (AvgIpc) is 2.93. The van der Waals surface area contributed by atoms with Crippen LogP contribution in [0.3, 0.4) is 0 Å². The second kappa shape index (κ2) is 8.11. The average molecular weight is 388 g/mol. The van der Waals surface area contributed by atoms with E-state index in [9.17, 15) is 27.6 Å². The molecule has 0 spiro atoms. The van der Waals surface area contributed by atoms with Crippen LogP contribution in [0.25, 0.3) is 0 Å². The number of ether oxygens (including phenoxy) is 3. The number of carbonyl (C=O) groups is 3. The van der Waals surface area contributed by atoms with Gasteiger partial charge in [0.15, 0.2) is 6.61 Å². The maximum absolute atomic E-state index is 12.3. The normalized spacial score (nSPS) is 15.6. The first-order valence-electron chi connectivity index (χ1n) is 7.70. The number of alkyl halides is 3. The van der Waals surface area contributed by atoms with E-state index in [2.05, 4.69) is 16.1 Å². The van der Waals surface area contributed by atoms with Gasteiger partial charge < -0.3 is 19.3 Å². The van der Waals surface area contributed by atoms with E-state index in [0.717, 1.165) is 11.6 Å². The zero-order chi connectivity index (χ0) is 20.2. The van der Waals surface area contributed by atoms with Crippen LogP contribution in [0.4, 0.5) is 13.2 Å². The molecule has 1 aliphatic rings. The van der Waals surface area contributed by atoms with Gasteiger partial charge in [0.2, 0.25) is 0 Å². The highest BCUT2D eigenvalue weighted by atomic mass is 19.4. The number of hydrogen-bond acceptors (Lipinski definition) is 6. The van der Waals surface area contributed by atoms with E-state index in [1.54, 1.807) is 0 Å². The van der Waals surface area contributed by atoms with Gasteiger partial charge in [0.25, 0.3) is 0 Å². The molecule has 0 radical (unpaired) electrons. The third kappa shape index (κ3) is 6.01. The van der Waals surface area contributed by atoms with Gasteiger partial charge >= 0.3 is 24.3 Å². The minimum atomic E-state index is -4.84. The van der Waals surface area contributed by atoms with E-state index in [4.69, 9.17) is 9.84 Å². The number of carboxylic acid groups (broad SMARTS) is 1. The highest BCUT2D eigenvalue weighted by Gasteiger charge is 2.33. The van der Waals surface area contributed by atoms with Crippen molar-refractivity contribution in [2.24, 2.45) is 0 Å². The molecule has 1 N–H and O–H groups in total. The number of rotatable bonds is 7. The monoisotopic (exact) mass is 388 g/mol. The van der Waals surface area contributed by atoms with Gasteiger partial charge in [-0.25, -0.2) is 9.59 Å².